The Labute approximate surface area is 125 Å². The second-order valence-electron chi connectivity index (χ2n) is 6.23. The number of aryl methyl sites for hydroxylation is 1. The second kappa shape index (κ2) is 6.02. The zero-order valence-electron chi connectivity index (χ0n) is 13.0. The Hall–Kier alpha value is -1.62. The molecule has 1 heterocycles. The van der Waals surface area contributed by atoms with Crippen LogP contribution in [0.5, 0.6) is 0 Å². The number of aliphatic hydroxyl groups excluding tert-OH is 1. The van der Waals surface area contributed by atoms with Gasteiger partial charge < -0.3 is 15.4 Å². The fraction of sp³-hybridized carbons (Fsp3) is 0.625. The van der Waals surface area contributed by atoms with Gasteiger partial charge in [-0.15, -0.1) is 0 Å². The predicted octanol–water partition coefficient (Wildman–Crippen LogP) is 2.12. The zero-order chi connectivity index (χ0) is 15.6. The van der Waals surface area contributed by atoms with Gasteiger partial charge in [-0.1, -0.05) is 12.8 Å². The maximum Gasteiger partial charge on any atom is 0.253 e. The van der Waals surface area contributed by atoms with Crippen LogP contribution in [0.25, 0.3) is 0 Å². The van der Waals surface area contributed by atoms with Crippen LogP contribution in [0.4, 0.5) is 0 Å². The van der Waals surface area contributed by atoms with Gasteiger partial charge in [-0.05, 0) is 32.3 Å². The van der Waals surface area contributed by atoms with Gasteiger partial charge in [0.05, 0.1) is 17.9 Å². The first kappa shape index (κ1) is 15.8. The summed E-state index contributed by atoms with van der Waals surface area (Å²) in [7, 11) is 0. The Kier molecular flexibility index (Phi) is 4.52. The maximum absolute atomic E-state index is 12.4. The lowest BCUT2D eigenvalue weighted by Gasteiger charge is -2.26. The SMILES string of the molecule is CC(=O)c1[nH]c(C)c(C(=O)NCC2(CO)CCCC2)c1C. The number of nitrogens with one attached hydrogen (secondary N) is 2. The minimum Gasteiger partial charge on any atom is -0.396 e. The highest BCUT2D eigenvalue weighted by atomic mass is 16.3. The number of aliphatic hydroxyl groups is 1. The number of hydrogen-bond acceptors (Lipinski definition) is 3. The summed E-state index contributed by atoms with van der Waals surface area (Å²) in [4.78, 5) is 26.9. The third-order valence-electron chi connectivity index (χ3n) is 4.64. The Morgan fingerprint density at radius 3 is 2.38 bits per heavy atom. The number of hydrogen-bond donors (Lipinski definition) is 3. The van der Waals surface area contributed by atoms with Crippen LogP contribution < -0.4 is 5.32 Å². The highest BCUT2D eigenvalue weighted by molar-refractivity contribution is 6.02. The molecule has 3 N–H and O–H groups in total. The predicted molar refractivity (Wildman–Crippen MR) is 80.6 cm³/mol. The van der Waals surface area contributed by atoms with Crippen molar-refractivity contribution in [2.75, 3.05) is 13.2 Å². The highest BCUT2D eigenvalue weighted by Crippen LogP contribution is 2.37. The molecule has 0 aliphatic heterocycles. The minimum absolute atomic E-state index is 0.0720. The van der Waals surface area contributed by atoms with Crippen LogP contribution in [0, 0.1) is 19.3 Å². The molecule has 1 aromatic heterocycles. The smallest absolute Gasteiger partial charge is 0.253 e. The van der Waals surface area contributed by atoms with E-state index in [1.807, 2.05) is 0 Å². The number of rotatable bonds is 5. The topological polar surface area (TPSA) is 82.2 Å². The van der Waals surface area contributed by atoms with Crippen molar-refractivity contribution in [3.05, 3.63) is 22.5 Å². The number of carbonyl (C=O) groups excluding carboxylic acids is 2. The van der Waals surface area contributed by atoms with Crippen LogP contribution >= 0.6 is 0 Å². The van der Waals surface area contributed by atoms with Crippen molar-refractivity contribution >= 4 is 11.7 Å². The molecule has 5 nitrogen and oxygen atoms in total. The van der Waals surface area contributed by atoms with E-state index >= 15 is 0 Å². The van der Waals surface area contributed by atoms with Gasteiger partial charge in [0, 0.05) is 24.6 Å². The third kappa shape index (κ3) is 3.02. The molecular formula is C16H24N2O3. The fourth-order valence-corrected chi connectivity index (χ4v) is 3.31. The van der Waals surface area contributed by atoms with Gasteiger partial charge in [-0.25, -0.2) is 0 Å². The van der Waals surface area contributed by atoms with Gasteiger partial charge in [0.2, 0.25) is 0 Å². The minimum atomic E-state index is -0.173. The molecule has 0 saturated heterocycles. The largest absolute Gasteiger partial charge is 0.396 e. The standard InChI is InChI=1S/C16H24N2O3/c1-10-13(11(2)18-14(10)12(3)20)15(21)17-8-16(9-19)6-4-5-7-16/h18-19H,4-9H2,1-3H3,(H,17,21). The summed E-state index contributed by atoms with van der Waals surface area (Å²) in [6, 6.07) is 0. The Bertz CT molecular complexity index is 554. The van der Waals surface area contributed by atoms with Gasteiger partial charge in [0.15, 0.2) is 5.78 Å². The fourth-order valence-electron chi connectivity index (χ4n) is 3.31. The molecule has 0 atom stereocenters. The Morgan fingerprint density at radius 2 is 1.90 bits per heavy atom. The first-order valence-corrected chi connectivity index (χ1v) is 7.49. The molecule has 1 saturated carbocycles. The highest BCUT2D eigenvalue weighted by Gasteiger charge is 2.34. The van der Waals surface area contributed by atoms with Crippen molar-refractivity contribution in [3.63, 3.8) is 0 Å². The molecule has 0 aromatic carbocycles. The lowest BCUT2D eigenvalue weighted by atomic mass is 9.87. The molecule has 1 aromatic rings. The molecule has 5 heteroatoms. The van der Waals surface area contributed by atoms with Crippen molar-refractivity contribution in [3.8, 4) is 0 Å². The summed E-state index contributed by atoms with van der Waals surface area (Å²) in [6.07, 6.45) is 4.11. The van der Waals surface area contributed by atoms with Crippen molar-refractivity contribution in [2.24, 2.45) is 5.41 Å². The van der Waals surface area contributed by atoms with E-state index in [9.17, 15) is 14.7 Å². The van der Waals surface area contributed by atoms with Crippen molar-refractivity contribution < 1.29 is 14.7 Å². The van der Waals surface area contributed by atoms with E-state index in [1.54, 1.807) is 13.8 Å². The number of aromatic nitrogens is 1. The first-order chi connectivity index (χ1) is 9.90. The van der Waals surface area contributed by atoms with E-state index in [0.29, 0.717) is 29.1 Å². The van der Waals surface area contributed by atoms with Gasteiger partial charge in [0.1, 0.15) is 0 Å². The summed E-state index contributed by atoms with van der Waals surface area (Å²) in [5, 5.41) is 12.5. The number of aromatic amines is 1. The van der Waals surface area contributed by atoms with Crippen LogP contribution in [0.1, 0.15) is 64.7 Å². The van der Waals surface area contributed by atoms with Crippen molar-refractivity contribution in [1.29, 1.82) is 0 Å². The van der Waals surface area contributed by atoms with E-state index in [0.717, 1.165) is 25.7 Å². The van der Waals surface area contributed by atoms with Gasteiger partial charge in [-0.3, -0.25) is 9.59 Å². The molecule has 0 bridgehead atoms. The van der Waals surface area contributed by atoms with Crippen LogP contribution in [-0.4, -0.2) is 34.9 Å². The van der Waals surface area contributed by atoms with E-state index in [-0.39, 0.29) is 23.7 Å². The molecule has 1 aliphatic carbocycles. The number of ketones is 1. The molecule has 2 rings (SSSR count). The quantitative estimate of drug-likeness (QED) is 0.727. The molecule has 1 aliphatic rings. The molecule has 0 spiro atoms. The molecule has 116 valence electrons. The van der Waals surface area contributed by atoms with E-state index in [2.05, 4.69) is 10.3 Å². The molecular weight excluding hydrogens is 268 g/mol. The van der Waals surface area contributed by atoms with E-state index in [1.165, 1.54) is 6.92 Å². The molecule has 1 amide bonds. The maximum atomic E-state index is 12.4. The van der Waals surface area contributed by atoms with E-state index in [4.69, 9.17) is 0 Å². The molecule has 0 radical (unpaired) electrons. The summed E-state index contributed by atoms with van der Waals surface area (Å²) >= 11 is 0. The van der Waals surface area contributed by atoms with Gasteiger partial charge >= 0.3 is 0 Å². The zero-order valence-corrected chi connectivity index (χ0v) is 13.0. The Morgan fingerprint density at radius 1 is 1.29 bits per heavy atom. The summed E-state index contributed by atoms with van der Waals surface area (Å²) in [5.74, 6) is -0.245. The normalized spacial score (nSPS) is 17.0. The van der Waals surface area contributed by atoms with Crippen molar-refractivity contribution in [1.82, 2.24) is 10.3 Å². The molecule has 0 unspecified atom stereocenters. The lowest BCUT2D eigenvalue weighted by molar-refractivity contribution is 0.0879. The summed E-state index contributed by atoms with van der Waals surface area (Å²) < 4.78 is 0. The van der Waals surface area contributed by atoms with E-state index < -0.39 is 0 Å². The number of amides is 1. The lowest BCUT2D eigenvalue weighted by Crippen LogP contribution is -2.38. The molecule has 21 heavy (non-hydrogen) atoms. The third-order valence-corrected chi connectivity index (χ3v) is 4.64. The van der Waals surface area contributed by atoms with Crippen molar-refractivity contribution in [2.45, 2.75) is 46.5 Å². The van der Waals surface area contributed by atoms with Crippen LogP contribution in [0.2, 0.25) is 0 Å². The number of Topliss-reactive ketones (excluding diaryl/α,β-unsaturated/α-hetero) is 1. The number of carbonyl (C=O) groups is 2. The molecule has 1 fully saturated rings. The number of H-pyrrole nitrogens is 1. The van der Waals surface area contributed by atoms with Crippen LogP contribution in [0.3, 0.4) is 0 Å². The first-order valence-electron chi connectivity index (χ1n) is 7.49. The average molecular weight is 292 g/mol. The van der Waals surface area contributed by atoms with Crippen LogP contribution in [0.15, 0.2) is 0 Å². The monoisotopic (exact) mass is 292 g/mol. The summed E-state index contributed by atoms with van der Waals surface area (Å²) in [5.41, 5.74) is 2.28. The van der Waals surface area contributed by atoms with Gasteiger partial charge in [-0.2, -0.15) is 0 Å². The Balaban J connectivity index is 2.12. The van der Waals surface area contributed by atoms with Crippen LogP contribution in [-0.2, 0) is 0 Å². The van der Waals surface area contributed by atoms with Gasteiger partial charge in [0.25, 0.3) is 5.91 Å². The average Bonchev–Trinajstić information content (AvgIpc) is 3.02. The summed E-state index contributed by atoms with van der Waals surface area (Å²) in [6.45, 7) is 5.66. The second-order valence-corrected chi connectivity index (χ2v) is 6.23.